The van der Waals surface area contributed by atoms with Gasteiger partial charge in [-0.2, -0.15) is 4.98 Å². The zero-order valence-corrected chi connectivity index (χ0v) is 10.9. The van der Waals surface area contributed by atoms with Crippen molar-refractivity contribution >= 4 is 0 Å². The van der Waals surface area contributed by atoms with Crippen molar-refractivity contribution in [2.75, 3.05) is 19.6 Å². The Kier molecular flexibility index (Phi) is 4.12. The molecule has 17 heavy (non-hydrogen) atoms. The van der Waals surface area contributed by atoms with E-state index in [0.29, 0.717) is 11.9 Å². The minimum absolute atomic E-state index is 0.594. The van der Waals surface area contributed by atoms with Crippen LogP contribution in [-0.2, 0) is 6.54 Å². The van der Waals surface area contributed by atoms with E-state index in [4.69, 9.17) is 4.52 Å². The van der Waals surface area contributed by atoms with E-state index in [1.165, 1.54) is 6.42 Å². The van der Waals surface area contributed by atoms with Crippen LogP contribution >= 0.6 is 0 Å². The normalized spacial score (nSPS) is 22.2. The van der Waals surface area contributed by atoms with Gasteiger partial charge in [0.1, 0.15) is 0 Å². The van der Waals surface area contributed by atoms with E-state index < -0.39 is 0 Å². The van der Waals surface area contributed by atoms with E-state index in [-0.39, 0.29) is 0 Å². The van der Waals surface area contributed by atoms with Gasteiger partial charge < -0.3 is 9.84 Å². The van der Waals surface area contributed by atoms with Crippen molar-refractivity contribution in [1.82, 2.24) is 20.4 Å². The molecule has 2 rings (SSSR count). The zero-order valence-electron chi connectivity index (χ0n) is 10.9. The largest absolute Gasteiger partial charge is 0.340 e. The second-order valence-corrected chi connectivity index (χ2v) is 5.25. The third kappa shape index (κ3) is 3.78. The lowest BCUT2D eigenvalue weighted by molar-refractivity contribution is 0.174. The molecule has 0 radical (unpaired) electrons. The number of hydrogen-bond acceptors (Lipinski definition) is 5. The fourth-order valence-corrected chi connectivity index (χ4v) is 2.37. The van der Waals surface area contributed by atoms with Crippen molar-refractivity contribution in [3.63, 3.8) is 0 Å². The smallest absolute Gasteiger partial charge is 0.223 e. The third-order valence-corrected chi connectivity index (χ3v) is 3.03. The van der Waals surface area contributed by atoms with Crippen molar-refractivity contribution in [2.24, 2.45) is 5.92 Å². The van der Waals surface area contributed by atoms with E-state index in [2.05, 4.69) is 34.2 Å². The van der Waals surface area contributed by atoms with Crippen LogP contribution in [-0.4, -0.2) is 40.7 Å². The molecule has 1 aromatic rings. The Morgan fingerprint density at radius 2 is 2.35 bits per heavy atom. The van der Waals surface area contributed by atoms with Crippen molar-refractivity contribution in [3.8, 4) is 0 Å². The van der Waals surface area contributed by atoms with Gasteiger partial charge in [0.15, 0.2) is 5.82 Å². The maximum absolute atomic E-state index is 4.99. The summed E-state index contributed by atoms with van der Waals surface area (Å²) in [4.78, 5) is 6.65. The second-order valence-electron chi connectivity index (χ2n) is 5.25. The molecule has 1 fully saturated rings. The van der Waals surface area contributed by atoms with Gasteiger partial charge in [0.25, 0.3) is 0 Å². The van der Waals surface area contributed by atoms with Gasteiger partial charge in [0, 0.05) is 32.6 Å². The molecule has 0 bridgehead atoms. The summed E-state index contributed by atoms with van der Waals surface area (Å²) in [6.07, 6.45) is 1.22. The number of piperazine rings is 1. The first kappa shape index (κ1) is 12.5. The Morgan fingerprint density at radius 3 is 3.00 bits per heavy atom. The molecule has 0 amide bonds. The number of aryl methyl sites for hydroxylation is 1. The SMILES string of the molecule is Cc1nc(CN2CCNC(CC(C)C)C2)no1. The van der Waals surface area contributed by atoms with E-state index in [9.17, 15) is 0 Å². The molecule has 0 aromatic carbocycles. The van der Waals surface area contributed by atoms with Crippen molar-refractivity contribution < 1.29 is 4.52 Å². The molecule has 5 heteroatoms. The molecule has 96 valence electrons. The maximum atomic E-state index is 4.99. The molecule has 0 spiro atoms. The summed E-state index contributed by atoms with van der Waals surface area (Å²) in [7, 11) is 0. The highest BCUT2D eigenvalue weighted by Crippen LogP contribution is 2.11. The highest BCUT2D eigenvalue weighted by molar-refractivity contribution is 4.87. The summed E-state index contributed by atoms with van der Waals surface area (Å²) in [6.45, 7) is 10.3. The van der Waals surface area contributed by atoms with Crippen LogP contribution in [0.5, 0.6) is 0 Å². The van der Waals surface area contributed by atoms with Crippen LogP contribution in [0.15, 0.2) is 4.52 Å². The molecule has 5 nitrogen and oxygen atoms in total. The van der Waals surface area contributed by atoms with Gasteiger partial charge in [-0.25, -0.2) is 0 Å². The number of nitrogens with one attached hydrogen (secondary N) is 1. The summed E-state index contributed by atoms with van der Waals surface area (Å²) >= 11 is 0. The lowest BCUT2D eigenvalue weighted by Gasteiger charge is -2.33. The molecule has 1 N–H and O–H groups in total. The summed E-state index contributed by atoms with van der Waals surface area (Å²) in [5, 5.41) is 7.51. The van der Waals surface area contributed by atoms with Gasteiger partial charge in [-0.15, -0.1) is 0 Å². The minimum atomic E-state index is 0.594. The van der Waals surface area contributed by atoms with E-state index in [1.54, 1.807) is 0 Å². The Labute approximate surface area is 103 Å². The molecule has 1 aliphatic heterocycles. The Morgan fingerprint density at radius 1 is 1.53 bits per heavy atom. The molecular formula is C12H22N4O. The number of nitrogens with zero attached hydrogens (tertiary/aromatic N) is 3. The van der Waals surface area contributed by atoms with Crippen molar-refractivity contribution in [1.29, 1.82) is 0 Å². The van der Waals surface area contributed by atoms with Gasteiger partial charge in [0.2, 0.25) is 5.89 Å². The van der Waals surface area contributed by atoms with Crippen LogP contribution in [0.4, 0.5) is 0 Å². The lowest BCUT2D eigenvalue weighted by Crippen LogP contribution is -2.50. The monoisotopic (exact) mass is 238 g/mol. The molecule has 1 atom stereocenters. The quantitative estimate of drug-likeness (QED) is 0.854. The van der Waals surface area contributed by atoms with Gasteiger partial charge in [-0.05, 0) is 12.3 Å². The molecule has 1 unspecified atom stereocenters. The van der Waals surface area contributed by atoms with Gasteiger partial charge in [-0.1, -0.05) is 19.0 Å². The van der Waals surface area contributed by atoms with E-state index in [1.807, 2.05) is 6.92 Å². The summed E-state index contributed by atoms with van der Waals surface area (Å²) in [5.41, 5.74) is 0. The van der Waals surface area contributed by atoms with Gasteiger partial charge in [-0.3, -0.25) is 4.90 Å². The Balaban J connectivity index is 1.85. The molecule has 1 saturated heterocycles. The fourth-order valence-electron chi connectivity index (χ4n) is 2.37. The third-order valence-electron chi connectivity index (χ3n) is 3.03. The van der Waals surface area contributed by atoms with E-state index >= 15 is 0 Å². The van der Waals surface area contributed by atoms with Crippen LogP contribution < -0.4 is 5.32 Å². The zero-order chi connectivity index (χ0) is 12.3. The van der Waals surface area contributed by atoms with Crippen molar-refractivity contribution in [3.05, 3.63) is 11.7 Å². The lowest BCUT2D eigenvalue weighted by atomic mass is 10.0. The summed E-state index contributed by atoms with van der Waals surface area (Å²) < 4.78 is 4.99. The van der Waals surface area contributed by atoms with Crippen molar-refractivity contribution in [2.45, 2.75) is 39.8 Å². The van der Waals surface area contributed by atoms with Crippen LogP contribution in [0, 0.1) is 12.8 Å². The topological polar surface area (TPSA) is 54.2 Å². The van der Waals surface area contributed by atoms with Gasteiger partial charge >= 0.3 is 0 Å². The van der Waals surface area contributed by atoms with Crippen LogP contribution in [0.2, 0.25) is 0 Å². The van der Waals surface area contributed by atoms with Crippen LogP contribution in [0.25, 0.3) is 0 Å². The standard InChI is InChI=1S/C12H22N4O/c1-9(2)6-11-7-16(5-4-13-11)8-12-14-10(3)17-15-12/h9,11,13H,4-8H2,1-3H3. The van der Waals surface area contributed by atoms with E-state index in [0.717, 1.165) is 37.9 Å². The minimum Gasteiger partial charge on any atom is -0.340 e. The second kappa shape index (κ2) is 5.60. The number of aromatic nitrogens is 2. The van der Waals surface area contributed by atoms with Gasteiger partial charge in [0.05, 0.1) is 6.54 Å². The maximum Gasteiger partial charge on any atom is 0.223 e. The van der Waals surface area contributed by atoms with Crippen LogP contribution in [0.3, 0.4) is 0 Å². The van der Waals surface area contributed by atoms with Crippen LogP contribution in [0.1, 0.15) is 32.0 Å². The first-order valence-electron chi connectivity index (χ1n) is 6.38. The summed E-state index contributed by atoms with van der Waals surface area (Å²) in [5.74, 6) is 2.18. The molecular weight excluding hydrogens is 216 g/mol. The number of rotatable bonds is 4. The Hall–Kier alpha value is -0.940. The first-order valence-corrected chi connectivity index (χ1v) is 6.38. The highest BCUT2D eigenvalue weighted by atomic mass is 16.5. The molecule has 1 aliphatic rings. The molecule has 0 saturated carbocycles. The molecule has 2 heterocycles. The predicted molar refractivity (Wildman–Crippen MR) is 65.6 cm³/mol. The average molecular weight is 238 g/mol. The Bertz CT molecular complexity index is 350. The average Bonchev–Trinajstić information content (AvgIpc) is 2.63. The highest BCUT2D eigenvalue weighted by Gasteiger charge is 2.21. The summed E-state index contributed by atoms with van der Waals surface area (Å²) in [6, 6.07) is 0.594. The first-order chi connectivity index (χ1) is 8.13. The predicted octanol–water partition coefficient (Wildman–Crippen LogP) is 1.20. The fraction of sp³-hybridized carbons (Fsp3) is 0.833. The number of hydrogen-bond donors (Lipinski definition) is 1. The molecule has 1 aromatic heterocycles. The molecule has 0 aliphatic carbocycles.